The van der Waals surface area contributed by atoms with Crippen molar-refractivity contribution in [1.82, 2.24) is 4.98 Å². The van der Waals surface area contributed by atoms with Gasteiger partial charge in [-0.1, -0.05) is 12.1 Å². The van der Waals surface area contributed by atoms with Crippen LogP contribution in [0, 0.1) is 20.8 Å². The number of benzene rings is 1. The second-order valence-electron chi connectivity index (χ2n) is 5.03. The van der Waals surface area contributed by atoms with Gasteiger partial charge >= 0.3 is 0 Å². The number of ether oxygens (including phenoxy) is 1. The maximum atomic E-state index is 5.85. The summed E-state index contributed by atoms with van der Waals surface area (Å²) in [4.78, 5) is 4.29. The van der Waals surface area contributed by atoms with Crippen molar-refractivity contribution in [3.05, 3.63) is 52.7 Å². The molecule has 0 aliphatic carbocycles. The Balaban J connectivity index is 2.26. The molecule has 100 valence electrons. The number of rotatable bonds is 3. The Kier molecular flexibility index (Phi) is 3.86. The average molecular weight is 256 g/mol. The Morgan fingerprint density at radius 1 is 1.16 bits per heavy atom. The normalized spacial score (nSPS) is 12.3. The van der Waals surface area contributed by atoms with Crippen molar-refractivity contribution in [3.63, 3.8) is 0 Å². The molecule has 1 aromatic carbocycles. The fraction of sp³-hybridized carbons (Fsp3) is 0.312. The molecule has 0 amide bonds. The topological polar surface area (TPSA) is 48.1 Å². The van der Waals surface area contributed by atoms with Crippen molar-refractivity contribution in [2.45, 2.75) is 33.7 Å². The minimum atomic E-state index is -0.00972. The van der Waals surface area contributed by atoms with Crippen molar-refractivity contribution in [2.75, 3.05) is 0 Å². The first-order valence-electron chi connectivity index (χ1n) is 6.44. The largest absolute Gasteiger partial charge is 0.439 e. The summed E-state index contributed by atoms with van der Waals surface area (Å²) in [6.07, 6.45) is 1.76. The van der Waals surface area contributed by atoms with E-state index in [1.54, 1.807) is 6.20 Å². The molecule has 2 aromatic rings. The smallest absolute Gasteiger partial charge is 0.219 e. The van der Waals surface area contributed by atoms with E-state index in [0.29, 0.717) is 5.88 Å². The molecule has 3 nitrogen and oxygen atoms in total. The van der Waals surface area contributed by atoms with E-state index in [1.807, 2.05) is 25.1 Å². The van der Waals surface area contributed by atoms with E-state index in [-0.39, 0.29) is 6.04 Å². The Labute approximate surface area is 114 Å². The van der Waals surface area contributed by atoms with Crippen LogP contribution in [0.2, 0.25) is 0 Å². The lowest BCUT2D eigenvalue weighted by molar-refractivity contribution is 0.458. The average Bonchev–Trinajstić information content (AvgIpc) is 2.36. The molecule has 0 fully saturated rings. The molecule has 0 saturated heterocycles. The van der Waals surface area contributed by atoms with E-state index in [0.717, 1.165) is 16.9 Å². The summed E-state index contributed by atoms with van der Waals surface area (Å²) in [7, 11) is 0. The zero-order chi connectivity index (χ0) is 14.0. The molecule has 19 heavy (non-hydrogen) atoms. The molecular weight excluding hydrogens is 236 g/mol. The van der Waals surface area contributed by atoms with E-state index in [4.69, 9.17) is 10.5 Å². The van der Waals surface area contributed by atoms with Crippen molar-refractivity contribution in [2.24, 2.45) is 5.73 Å². The number of pyridine rings is 1. The van der Waals surface area contributed by atoms with Crippen molar-refractivity contribution in [3.8, 4) is 11.6 Å². The first-order chi connectivity index (χ1) is 8.97. The van der Waals surface area contributed by atoms with Crippen LogP contribution in [0.5, 0.6) is 11.6 Å². The third kappa shape index (κ3) is 3.12. The minimum absolute atomic E-state index is 0.00972. The molecule has 3 heteroatoms. The van der Waals surface area contributed by atoms with E-state index in [1.165, 1.54) is 11.1 Å². The van der Waals surface area contributed by atoms with Gasteiger partial charge < -0.3 is 10.5 Å². The third-order valence-corrected chi connectivity index (χ3v) is 3.26. The van der Waals surface area contributed by atoms with Crippen LogP contribution in [0.1, 0.15) is 35.2 Å². The van der Waals surface area contributed by atoms with Crippen LogP contribution in [-0.4, -0.2) is 4.98 Å². The Hall–Kier alpha value is -1.87. The summed E-state index contributed by atoms with van der Waals surface area (Å²) in [6.45, 7) is 8.14. The predicted molar refractivity (Wildman–Crippen MR) is 77.6 cm³/mol. The zero-order valence-corrected chi connectivity index (χ0v) is 11.9. The second-order valence-corrected chi connectivity index (χ2v) is 5.03. The molecule has 0 spiro atoms. The number of nitrogens with two attached hydrogens (primary N) is 1. The molecule has 0 bridgehead atoms. The van der Waals surface area contributed by atoms with Crippen molar-refractivity contribution >= 4 is 0 Å². The third-order valence-electron chi connectivity index (χ3n) is 3.26. The van der Waals surface area contributed by atoms with Crippen LogP contribution in [0.3, 0.4) is 0 Å². The summed E-state index contributed by atoms with van der Waals surface area (Å²) < 4.78 is 5.85. The van der Waals surface area contributed by atoms with Crippen molar-refractivity contribution < 1.29 is 4.74 Å². The van der Waals surface area contributed by atoms with Crippen LogP contribution in [0.4, 0.5) is 0 Å². The van der Waals surface area contributed by atoms with E-state index in [2.05, 4.69) is 31.8 Å². The van der Waals surface area contributed by atoms with Gasteiger partial charge in [-0.2, -0.15) is 0 Å². The first-order valence-corrected chi connectivity index (χ1v) is 6.44. The summed E-state index contributed by atoms with van der Waals surface area (Å²) in [6, 6.07) is 7.98. The molecule has 0 aliphatic heterocycles. The molecule has 0 saturated carbocycles. The standard InChI is InChI=1S/C16H20N2O/c1-10-7-11(2)12(3)15(8-10)19-16-6-5-14(9-18-16)13(4)17/h5-9,13H,17H2,1-4H3. The van der Waals surface area contributed by atoms with Gasteiger partial charge in [-0.15, -0.1) is 0 Å². The number of aryl methyl sites for hydroxylation is 2. The highest BCUT2D eigenvalue weighted by molar-refractivity contribution is 5.43. The molecule has 1 aromatic heterocycles. The lowest BCUT2D eigenvalue weighted by Crippen LogP contribution is -2.05. The number of aromatic nitrogens is 1. The van der Waals surface area contributed by atoms with Gasteiger partial charge in [-0.05, 0) is 56.0 Å². The van der Waals surface area contributed by atoms with Crippen LogP contribution in [0.25, 0.3) is 0 Å². The molecule has 0 aliphatic rings. The summed E-state index contributed by atoms with van der Waals surface area (Å²) in [5, 5.41) is 0. The predicted octanol–water partition coefficient (Wildman–Crippen LogP) is 3.82. The van der Waals surface area contributed by atoms with E-state index < -0.39 is 0 Å². The van der Waals surface area contributed by atoms with Crippen molar-refractivity contribution in [1.29, 1.82) is 0 Å². The Bertz CT molecular complexity index is 574. The van der Waals surface area contributed by atoms with Gasteiger partial charge in [0.15, 0.2) is 0 Å². The molecule has 1 unspecified atom stereocenters. The molecule has 2 N–H and O–H groups in total. The highest BCUT2D eigenvalue weighted by Gasteiger charge is 2.07. The minimum Gasteiger partial charge on any atom is -0.439 e. The van der Waals surface area contributed by atoms with E-state index >= 15 is 0 Å². The highest BCUT2D eigenvalue weighted by atomic mass is 16.5. The molecular formula is C16H20N2O. The summed E-state index contributed by atoms with van der Waals surface area (Å²) in [5.41, 5.74) is 10.4. The van der Waals surface area contributed by atoms with Gasteiger partial charge in [-0.25, -0.2) is 4.98 Å². The van der Waals surface area contributed by atoms with E-state index in [9.17, 15) is 0 Å². The van der Waals surface area contributed by atoms with Crippen LogP contribution in [0.15, 0.2) is 30.5 Å². The fourth-order valence-corrected chi connectivity index (χ4v) is 1.94. The zero-order valence-electron chi connectivity index (χ0n) is 11.9. The van der Waals surface area contributed by atoms with Gasteiger partial charge in [0.05, 0.1) is 0 Å². The Morgan fingerprint density at radius 3 is 2.47 bits per heavy atom. The van der Waals surface area contributed by atoms with Gasteiger partial charge in [-0.3, -0.25) is 0 Å². The van der Waals surface area contributed by atoms with Gasteiger partial charge in [0, 0.05) is 18.3 Å². The maximum Gasteiger partial charge on any atom is 0.219 e. The quantitative estimate of drug-likeness (QED) is 0.908. The lowest BCUT2D eigenvalue weighted by Gasteiger charge is -2.12. The highest BCUT2D eigenvalue weighted by Crippen LogP contribution is 2.27. The molecule has 1 heterocycles. The fourth-order valence-electron chi connectivity index (χ4n) is 1.94. The summed E-state index contributed by atoms with van der Waals surface area (Å²) in [5.74, 6) is 1.45. The van der Waals surface area contributed by atoms with Crippen LogP contribution >= 0.6 is 0 Å². The van der Waals surface area contributed by atoms with Gasteiger partial charge in [0.2, 0.25) is 5.88 Å². The second kappa shape index (κ2) is 5.41. The first kappa shape index (κ1) is 13.6. The molecule has 2 rings (SSSR count). The monoisotopic (exact) mass is 256 g/mol. The summed E-state index contributed by atoms with van der Waals surface area (Å²) >= 11 is 0. The number of hydrogen-bond acceptors (Lipinski definition) is 3. The van der Waals surface area contributed by atoms with Crippen LogP contribution < -0.4 is 10.5 Å². The molecule has 1 atom stereocenters. The number of hydrogen-bond donors (Lipinski definition) is 1. The van der Waals surface area contributed by atoms with Gasteiger partial charge in [0.25, 0.3) is 0 Å². The van der Waals surface area contributed by atoms with Gasteiger partial charge in [0.1, 0.15) is 5.75 Å². The Morgan fingerprint density at radius 2 is 1.89 bits per heavy atom. The SMILES string of the molecule is Cc1cc(C)c(C)c(Oc2ccc(C(C)N)cn2)c1. The lowest BCUT2D eigenvalue weighted by atomic mass is 10.1. The number of nitrogens with zero attached hydrogens (tertiary/aromatic N) is 1. The molecule has 0 radical (unpaired) electrons. The maximum absolute atomic E-state index is 5.85. The van der Waals surface area contributed by atoms with Crippen LogP contribution in [-0.2, 0) is 0 Å².